The molecular formula is C19H12O2. The van der Waals surface area contributed by atoms with Crippen LogP contribution < -0.4 is 0 Å². The van der Waals surface area contributed by atoms with Crippen LogP contribution in [0.25, 0.3) is 22.3 Å². The van der Waals surface area contributed by atoms with Gasteiger partial charge in [0.2, 0.25) is 0 Å². The van der Waals surface area contributed by atoms with E-state index in [1.807, 2.05) is 60.7 Å². The topological polar surface area (TPSA) is 37.3 Å². The molecular weight excluding hydrogens is 260 g/mol. The van der Waals surface area contributed by atoms with Crippen LogP contribution in [0.15, 0.2) is 66.7 Å². The van der Waals surface area contributed by atoms with E-state index in [1.165, 1.54) is 0 Å². The van der Waals surface area contributed by atoms with Gasteiger partial charge in [-0.3, -0.25) is 4.79 Å². The molecule has 1 aliphatic rings. The van der Waals surface area contributed by atoms with E-state index in [2.05, 4.69) is 0 Å². The minimum atomic E-state index is -0.0182. The summed E-state index contributed by atoms with van der Waals surface area (Å²) >= 11 is 0. The van der Waals surface area contributed by atoms with Crippen molar-refractivity contribution in [1.82, 2.24) is 0 Å². The van der Waals surface area contributed by atoms with Crippen LogP contribution in [0.2, 0.25) is 0 Å². The summed E-state index contributed by atoms with van der Waals surface area (Å²) in [6.07, 6.45) is 0. The van der Waals surface area contributed by atoms with Crippen LogP contribution in [-0.4, -0.2) is 10.9 Å². The van der Waals surface area contributed by atoms with Crippen molar-refractivity contribution >= 4 is 5.78 Å². The lowest BCUT2D eigenvalue weighted by Gasteiger charge is -2.10. The summed E-state index contributed by atoms with van der Waals surface area (Å²) in [5.74, 6) is 0.122. The van der Waals surface area contributed by atoms with Crippen LogP contribution in [0.5, 0.6) is 5.75 Å². The van der Waals surface area contributed by atoms with E-state index in [0.717, 1.165) is 16.7 Å². The maximum atomic E-state index is 12.7. The molecule has 0 radical (unpaired) electrons. The van der Waals surface area contributed by atoms with E-state index in [1.54, 1.807) is 6.07 Å². The van der Waals surface area contributed by atoms with E-state index >= 15 is 0 Å². The van der Waals surface area contributed by atoms with Gasteiger partial charge in [0.1, 0.15) is 5.75 Å². The Labute approximate surface area is 122 Å². The number of benzene rings is 3. The maximum absolute atomic E-state index is 12.7. The summed E-state index contributed by atoms with van der Waals surface area (Å²) in [4.78, 5) is 12.7. The van der Waals surface area contributed by atoms with Gasteiger partial charge in [0.15, 0.2) is 5.78 Å². The first-order valence-corrected chi connectivity index (χ1v) is 6.83. The lowest BCUT2D eigenvalue weighted by atomic mass is 9.94. The van der Waals surface area contributed by atoms with E-state index in [-0.39, 0.29) is 11.5 Å². The van der Waals surface area contributed by atoms with Crippen molar-refractivity contribution in [2.24, 2.45) is 0 Å². The van der Waals surface area contributed by atoms with Crippen molar-refractivity contribution in [1.29, 1.82) is 0 Å². The molecule has 0 unspecified atom stereocenters. The fourth-order valence-electron chi connectivity index (χ4n) is 3.00. The van der Waals surface area contributed by atoms with Crippen LogP contribution in [-0.2, 0) is 0 Å². The number of rotatable bonds is 1. The fraction of sp³-hybridized carbons (Fsp3) is 0. The summed E-state index contributed by atoms with van der Waals surface area (Å²) in [7, 11) is 0. The molecule has 21 heavy (non-hydrogen) atoms. The smallest absolute Gasteiger partial charge is 0.195 e. The van der Waals surface area contributed by atoms with Gasteiger partial charge in [-0.05, 0) is 28.8 Å². The van der Waals surface area contributed by atoms with Gasteiger partial charge >= 0.3 is 0 Å². The predicted octanol–water partition coefficient (Wildman–Crippen LogP) is 4.27. The Morgan fingerprint density at radius 3 is 2.05 bits per heavy atom. The maximum Gasteiger partial charge on any atom is 0.195 e. The van der Waals surface area contributed by atoms with E-state index in [9.17, 15) is 9.90 Å². The number of ketones is 1. The molecule has 0 saturated carbocycles. The minimum Gasteiger partial charge on any atom is -0.507 e. The minimum absolute atomic E-state index is 0.0182. The number of phenolic OH excluding ortho intramolecular Hbond substituents is 1. The van der Waals surface area contributed by atoms with E-state index in [4.69, 9.17) is 0 Å². The van der Waals surface area contributed by atoms with Crippen LogP contribution in [0.3, 0.4) is 0 Å². The zero-order chi connectivity index (χ0) is 14.4. The number of hydrogen-bond acceptors (Lipinski definition) is 2. The normalized spacial score (nSPS) is 12.1. The van der Waals surface area contributed by atoms with Crippen molar-refractivity contribution in [3.63, 3.8) is 0 Å². The molecule has 0 fully saturated rings. The zero-order valence-corrected chi connectivity index (χ0v) is 11.2. The third-order valence-corrected chi connectivity index (χ3v) is 3.93. The molecule has 0 aromatic heterocycles. The summed E-state index contributed by atoms with van der Waals surface area (Å²) in [6.45, 7) is 0. The van der Waals surface area contributed by atoms with E-state index in [0.29, 0.717) is 16.7 Å². The molecule has 2 heteroatoms. The quantitative estimate of drug-likeness (QED) is 0.562. The molecule has 0 atom stereocenters. The molecule has 4 rings (SSSR count). The molecule has 0 heterocycles. The Morgan fingerprint density at radius 2 is 1.29 bits per heavy atom. The Morgan fingerprint density at radius 1 is 0.619 bits per heavy atom. The van der Waals surface area contributed by atoms with Crippen molar-refractivity contribution in [3.8, 4) is 28.0 Å². The largest absolute Gasteiger partial charge is 0.507 e. The fourth-order valence-corrected chi connectivity index (χ4v) is 3.00. The van der Waals surface area contributed by atoms with Crippen LogP contribution >= 0.6 is 0 Å². The molecule has 3 aromatic carbocycles. The Balaban J connectivity index is 2.07. The molecule has 2 nitrogen and oxygen atoms in total. The first kappa shape index (κ1) is 11.9. The van der Waals surface area contributed by atoms with Crippen molar-refractivity contribution < 1.29 is 9.90 Å². The van der Waals surface area contributed by atoms with Gasteiger partial charge in [-0.2, -0.15) is 0 Å². The highest BCUT2D eigenvalue weighted by atomic mass is 16.3. The lowest BCUT2D eigenvalue weighted by molar-refractivity contribution is 0.104. The summed E-state index contributed by atoms with van der Waals surface area (Å²) in [5, 5.41) is 10.3. The van der Waals surface area contributed by atoms with Gasteiger partial charge in [0.25, 0.3) is 0 Å². The molecule has 0 amide bonds. The molecule has 1 aliphatic carbocycles. The SMILES string of the molecule is O=C1c2ccccc2-c2ccc(O)c(-c3ccccc3)c21. The van der Waals surface area contributed by atoms with Crippen LogP contribution in [0, 0.1) is 0 Å². The van der Waals surface area contributed by atoms with Gasteiger partial charge in [0.05, 0.1) is 0 Å². The summed E-state index contributed by atoms with van der Waals surface area (Å²) in [6, 6.07) is 20.6. The number of phenols is 1. The van der Waals surface area contributed by atoms with Gasteiger partial charge in [-0.25, -0.2) is 0 Å². The number of carbonyl (C=O) groups is 1. The predicted molar refractivity (Wildman–Crippen MR) is 82.4 cm³/mol. The third-order valence-electron chi connectivity index (χ3n) is 3.93. The summed E-state index contributed by atoms with van der Waals surface area (Å²) < 4.78 is 0. The van der Waals surface area contributed by atoms with Gasteiger partial charge in [0, 0.05) is 16.7 Å². The molecule has 0 bridgehead atoms. The second kappa shape index (κ2) is 4.32. The number of carbonyl (C=O) groups excluding carboxylic acids is 1. The lowest BCUT2D eigenvalue weighted by Crippen LogP contribution is -1.98. The number of fused-ring (bicyclic) bond motifs is 3. The second-order valence-electron chi connectivity index (χ2n) is 5.12. The Hall–Kier alpha value is -2.87. The van der Waals surface area contributed by atoms with E-state index < -0.39 is 0 Å². The van der Waals surface area contributed by atoms with Gasteiger partial charge in [-0.1, -0.05) is 54.6 Å². The average molecular weight is 272 g/mol. The highest BCUT2D eigenvalue weighted by Crippen LogP contribution is 2.44. The molecule has 0 aliphatic heterocycles. The number of aromatic hydroxyl groups is 1. The standard InChI is InChI=1S/C19H12O2/c20-16-11-10-14-13-8-4-5-9-15(13)19(21)18(14)17(16)12-6-2-1-3-7-12/h1-11,20H. The van der Waals surface area contributed by atoms with Gasteiger partial charge in [-0.15, -0.1) is 0 Å². The highest BCUT2D eigenvalue weighted by molar-refractivity contribution is 6.25. The van der Waals surface area contributed by atoms with Crippen molar-refractivity contribution in [3.05, 3.63) is 77.9 Å². The first-order valence-electron chi connectivity index (χ1n) is 6.83. The van der Waals surface area contributed by atoms with Crippen LogP contribution in [0.4, 0.5) is 0 Å². The monoisotopic (exact) mass is 272 g/mol. The number of hydrogen-bond donors (Lipinski definition) is 1. The third kappa shape index (κ3) is 1.62. The zero-order valence-electron chi connectivity index (χ0n) is 11.2. The highest BCUT2D eigenvalue weighted by Gasteiger charge is 2.30. The summed E-state index contributed by atoms with van der Waals surface area (Å²) in [5.41, 5.74) is 4.61. The van der Waals surface area contributed by atoms with Gasteiger partial charge < -0.3 is 5.11 Å². The average Bonchev–Trinajstić information content (AvgIpc) is 2.82. The molecule has 0 spiro atoms. The molecule has 3 aromatic rings. The van der Waals surface area contributed by atoms with Crippen LogP contribution in [0.1, 0.15) is 15.9 Å². The molecule has 1 N–H and O–H groups in total. The Bertz CT molecular complexity index is 864. The first-order chi connectivity index (χ1) is 10.3. The Kier molecular flexibility index (Phi) is 2.45. The molecule has 100 valence electrons. The van der Waals surface area contributed by atoms with Crippen molar-refractivity contribution in [2.45, 2.75) is 0 Å². The molecule has 0 saturated heterocycles. The second-order valence-corrected chi connectivity index (χ2v) is 5.12. The van der Waals surface area contributed by atoms with Crippen molar-refractivity contribution in [2.75, 3.05) is 0 Å².